The molecule has 3 heterocycles. The number of aliphatic hydroxyl groups excluding tert-OH is 8. The maximum absolute atomic E-state index is 12.0. The second kappa shape index (κ2) is 14.0. The van der Waals surface area contributed by atoms with Gasteiger partial charge in [0.2, 0.25) is 18.0 Å². The van der Waals surface area contributed by atoms with Gasteiger partial charge in [0.05, 0.1) is 19.8 Å². The number of nitrogens with one attached hydrogen (secondary N) is 2. The van der Waals surface area contributed by atoms with E-state index in [2.05, 4.69) is 16.4 Å². The largest absolute Gasteiger partial charge is 0.394 e. The van der Waals surface area contributed by atoms with Gasteiger partial charge in [-0.15, -0.1) is 0 Å². The molecule has 40 heavy (non-hydrogen) atoms. The lowest BCUT2D eigenvalue weighted by atomic mass is 9.93. The lowest BCUT2D eigenvalue weighted by Gasteiger charge is -2.49. The highest BCUT2D eigenvalue weighted by atomic mass is 16.7. The lowest BCUT2D eigenvalue weighted by molar-refractivity contribution is -0.522. The van der Waals surface area contributed by atoms with Crippen molar-refractivity contribution in [2.24, 2.45) is 0 Å². The van der Waals surface area contributed by atoms with Gasteiger partial charge in [-0.3, -0.25) is 9.59 Å². The molecular formula is C22H40N3O15+. The molecule has 0 aromatic rings. The molecule has 0 bridgehead atoms. The quantitative estimate of drug-likeness (QED) is 0.120. The zero-order chi connectivity index (χ0) is 29.9. The Labute approximate surface area is 228 Å². The van der Waals surface area contributed by atoms with E-state index in [9.17, 15) is 50.4 Å². The standard InChI is InChI=1S/C22H39N3O15/c1-6(29)24-11-14(32)18(9(4-27)36-20(11)23)39-21-12(25-7(2)30)15(33)19(10(5-28)38-21)40-22-17(35)16(34)13(31)8(3-26)37-22/h8-22,26-28,31-35H,3-5,23H2,1-2H3,(H,24,29)(H,25,30)/p+1/t8-,9-,10-,11-,12-,13-,14-,15-,16+,17+,18-,19-,20-,21+,22+/m1/s1. The fraction of sp³-hybridized carbons (Fsp3) is 0.909. The minimum absolute atomic E-state index is 0.503. The minimum Gasteiger partial charge on any atom is -0.394 e. The molecule has 0 aromatic carbocycles. The van der Waals surface area contributed by atoms with Crippen LogP contribution in [0.5, 0.6) is 0 Å². The normalized spacial score (nSPS) is 46.0. The third-order valence-electron chi connectivity index (χ3n) is 7.02. The molecule has 3 aliphatic rings. The van der Waals surface area contributed by atoms with E-state index < -0.39 is 124 Å². The van der Waals surface area contributed by atoms with Crippen molar-refractivity contribution in [3.8, 4) is 0 Å². The first kappa shape index (κ1) is 32.9. The van der Waals surface area contributed by atoms with Crippen molar-refractivity contribution in [2.45, 2.75) is 106 Å². The van der Waals surface area contributed by atoms with Gasteiger partial charge in [0.1, 0.15) is 73.1 Å². The molecule has 0 saturated carbocycles. The van der Waals surface area contributed by atoms with Gasteiger partial charge >= 0.3 is 0 Å². The van der Waals surface area contributed by atoms with Crippen LogP contribution < -0.4 is 16.4 Å². The van der Waals surface area contributed by atoms with Crippen LogP contribution in [0.1, 0.15) is 13.8 Å². The molecule has 15 atom stereocenters. The zero-order valence-electron chi connectivity index (χ0n) is 21.9. The van der Waals surface area contributed by atoms with Crippen molar-refractivity contribution >= 4 is 11.8 Å². The average molecular weight is 587 g/mol. The molecule has 13 N–H and O–H groups in total. The van der Waals surface area contributed by atoms with Gasteiger partial charge < -0.3 is 80.9 Å². The summed E-state index contributed by atoms with van der Waals surface area (Å²) in [6, 6.07) is -2.49. The number of quaternary nitrogens is 1. The minimum atomic E-state index is -1.83. The number of ether oxygens (including phenoxy) is 5. The van der Waals surface area contributed by atoms with Crippen molar-refractivity contribution in [1.82, 2.24) is 10.6 Å². The van der Waals surface area contributed by atoms with Crippen LogP contribution in [-0.2, 0) is 33.3 Å². The van der Waals surface area contributed by atoms with Gasteiger partial charge in [0.15, 0.2) is 12.6 Å². The Morgan fingerprint density at radius 1 is 0.650 bits per heavy atom. The van der Waals surface area contributed by atoms with Crippen LogP contribution in [0.2, 0.25) is 0 Å². The molecule has 3 saturated heterocycles. The highest BCUT2D eigenvalue weighted by Crippen LogP contribution is 2.32. The summed E-state index contributed by atoms with van der Waals surface area (Å²) in [6.45, 7) is 0.155. The van der Waals surface area contributed by atoms with Crippen LogP contribution in [0.15, 0.2) is 0 Å². The Kier molecular flexibility index (Phi) is 11.5. The van der Waals surface area contributed by atoms with Gasteiger partial charge in [-0.1, -0.05) is 0 Å². The number of hydrogen-bond donors (Lipinski definition) is 11. The summed E-state index contributed by atoms with van der Waals surface area (Å²) in [6.07, 6.45) is -19.6. The summed E-state index contributed by atoms with van der Waals surface area (Å²) in [5.41, 5.74) is 3.72. The second-order valence-corrected chi connectivity index (χ2v) is 9.95. The van der Waals surface area contributed by atoms with E-state index in [1.807, 2.05) is 0 Å². The monoisotopic (exact) mass is 586 g/mol. The number of aliphatic hydroxyl groups is 8. The van der Waals surface area contributed by atoms with E-state index >= 15 is 0 Å². The molecule has 0 radical (unpaired) electrons. The molecule has 232 valence electrons. The highest BCUT2D eigenvalue weighted by Gasteiger charge is 2.54. The summed E-state index contributed by atoms with van der Waals surface area (Å²) < 4.78 is 28.2. The number of amides is 2. The number of hydrogen-bond acceptors (Lipinski definition) is 15. The summed E-state index contributed by atoms with van der Waals surface area (Å²) >= 11 is 0. The van der Waals surface area contributed by atoms with Crippen molar-refractivity contribution < 1.29 is 79.9 Å². The third-order valence-corrected chi connectivity index (χ3v) is 7.02. The fourth-order valence-corrected chi connectivity index (χ4v) is 4.99. The first-order valence-electron chi connectivity index (χ1n) is 12.7. The Balaban J connectivity index is 1.85. The Hall–Kier alpha value is -1.62. The van der Waals surface area contributed by atoms with E-state index in [0.717, 1.165) is 6.92 Å². The Morgan fingerprint density at radius 2 is 1.10 bits per heavy atom. The molecule has 3 rings (SSSR count). The third kappa shape index (κ3) is 7.05. The van der Waals surface area contributed by atoms with Crippen LogP contribution in [0.25, 0.3) is 0 Å². The van der Waals surface area contributed by atoms with E-state index in [0.29, 0.717) is 0 Å². The van der Waals surface area contributed by atoms with Gasteiger partial charge in [0.25, 0.3) is 0 Å². The summed E-state index contributed by atoms with van der Waals surface area (Å²) in [4.78, 5) is 23.6. The van der Waals surface area contributed by atoms with Crippen molar-refractivity contribution in [3.05, 3.63) is 0 Å². The Bertz CT molecular complexity index is 854. The van der Waals surface area contributed by atoms with Crippen LogP contribution in [-0.4, -0.2) is 164 Å². The van der Waals surface area contributed by atoms with Gasteiger partial charge in [0, 0.05) is 13.8 Å². The van der Waals surface area contributed by atoms with E-state index in [4.69, 9.17) is 23.7 Å². The zero-order valence-corrected chi connectivity index (χ0v) is 21.9. The Morgan fingerprint density at radius 3 is 1.62 bits per heavy atom. The molecule has 0 unspecified atom stereocenters. The second-order valence-electron chi connectivity index (χ2n) is 9.95. The molecule has 0 spiro atoms. The van der Waals surface area contributed by atoms with E-state index in [1.165, 1.54) is 6.92 Å². The van der Waals surface area contributed by atoms with Crippen molar-refractivity contribution in [1.29, 1.82) is 0 Å². The van der Waals surface area contributed by atoms with Crippen LogP contribution >= 0.6 is 0 Å². The molecule has 0 aromatic heterocycles. The fourth-order valence-electron chi connectivity index (χ4n) is 4.99. The van der Waals surface area contributed by atoms with E-state index in [-0.39, 0.29) is 0 Å². The van der Waals surface area contributed by atoms with Gasteiger partial charge in [-0.2, -0.15) is 0 Å². The average Bonchev–Trinajstić information content (AvgIpc) is 2.90. The molecule has 0 aliphatic carbocycles. The van der Waals surface area contributed by atoms with E-state index in [1.54, 1.807) is 0 Å². The summed E-state index contributed by atoms with van der Waals surface area (Å²) in [7, 11) is 0. The molecule has 18 heteroatoms. The molecule has 3 fully saturated rings. The first-order valence-corrected chi connectivity index (χ1v) is 12.7. The lowest BCUT2D eigenvalue weighted by Crippen LogP contribution is -2.79. The SMILES string of the molecule is CC(=O)N[C@@H]1[C@@H](O)[C@H](O[C@@H]2O[C@H](CO)[C@@H](O[C@@H]3O[C@H](CO)[C@@H](O)[C@H](O)[C@@H]3O)[C@H](O)[C@H]2NC(C)=O)[C@@H](CO)O[C@H]1[NH3+]. The number of rotatable bonds is 9. The number of carbonyl (C=O) groups excluding carboxylic acids is 2. The van der Waals surface area contributed by atoms with Crippen LogP contribution in [0.4, 0.5) is 0 Å². The molecular weight excluding hydrogens is 546 g/mol. The van der Waals surface area contributed by atoms with Gasteiger partial charge in [-0.05, 0) is 0 Å². The molecule has 2 amide bonds. The van der Waals surface area contributed by atoms with Crippen molar-refractivity contribution in [2.75, 3.05) is 19.8 Å². The molecule has 3 aliphatic heterocycles. The van der Waals surface area contributed by atoms with Crippen LogP contribution in [0.3, 0.4) is 0 Å². The highest BCUT2D eigenvalue weighted by molar-refractivity contribution is 5.73. The topological polar surface area (TPSA) is 294 Å². The smallest absolute Gasteiger partial charge is 0.217 e. The number of carbonyl (C=O) groups is 2. The maximum Gasteiger partial charge on any atom is 0.217 e. The maximum atomic E-state index is 12.0. The molecule has 18 nitrogen and oxygen atoms in total. The van der Waals surface area contributed by atoms with Crippen LogP contribution in [0, 0.1) is 0 Å². The predicted octanol–water partition coefficient (Wildman–Crippen LogP) is -8.04. The first-order chi connectivity index (χ1) is 18.8. The van der Waals surface area contributed by atoms with Gasteiger partial charge in [-0.25, -0.2) is 0 Å². The predicted molar refractivity (Wildman–Crippen MR) is 125 cm³/mol. The summed E-state index contributed by atoms with van der Waals surface area (Å²) in [5.74, 6) is -1.15. The van der Waals surface area contributed by atoms with Crippen molar-refractivity contribution in [3.63, 3.8) is 0 Å². The summed E-state index contributed by atoms with van der Waals surface area (Å²) in [5, 5.41) is 86.8.